The van der Waals surface area contributed by atoms with Crippen molar-refractivity contribution in [3.05, 3.63) is 0 Å². The van der Waals surface area contributed by atoms with Crippen LogP contribution in [-0.4, -0.2) is 35.8 Å². The van der Waals surface area contributed by atoms with Gasteiger partial charge < -0.3 is 9.84 Å². The van der Waals surface area contributed by atoms with Crippen molar-refractivity contribution in [3.8, 4) is 0 Å². The first-order chi connectivity index (χ1) is 7.23. The quantitative estimate of drug-likeness (QED) is 0.788. The van der Waals surface area contributed by atoms with Gasteiger partial charge in [-0.1, -0.05) is 0 Å². The molecule has 0 amide bonds. The largest absolute Gasteiger partial charge is 0.481 e. The Balaban J connectivity index is 2.06. The summed E-state index contributed by atoms with van der Waals surface area (Å²) < 4.78 is 5.57. The Kier molecular flexibility index (Phi) is 3.57. The van der Waals surface area contributed by atoms with Gasteiger partial charge in [0.05, 0.1) is 6.61 Å². The highest BCUT2D eigenvalue weighted by molar-refractivity contribution is 7.99. The molecule has 86 valence electrons. The molecule has 1 N–H and O–H groups in total. The molecule has 2 unspecified atom stereocenters. The molecule has 3 nitrogen and oxygen atoms in total. The van der Waals surface area contributed by atoms with Crippen molar-refractivity contribution >= 4 is 17.7 Å². The minimum absolute atomic E-state index is 0.166. The fourth-order valence-electron chi connectivity index (χ4n) is 2.76. The Labute approximate surface area is 94.6 Å². The fraction of sp³-hybridized carbons (Fsp3) is 0.909. The van der Waals surface area contributed by atoms with Crippen LogP contribution in [0.3, 0.4) is 0 Å². The second-order valence-corrected chi connectivity index (χ2v) is 5.76. The Morgan fingerprint density at radius 3 is 3.13 bits per heavy atom. The molecule has 2 saturated heterocycles. The Morgan fingerprint density at radius 2 is 2.47 bits per heavy atom. The third-order valence-corrected chi connectivity index (χ3v) is 5.00. The summed E-state index contributed by atoms with van der Waals surface area (Å²) in [4.78, 5) is 10.8. The van der Waals surface area contributed by atoms with Crippen LogP contribution in [0.5, 0.6) is 0 Å². The maximum atomic E-state index is 10.8. The molecule has 0 aromatic heterocycles. The first kappa shape index (κ1) is 11.3. The van der Waals surface area contributed by atoms with Gasteiger partial charge >= 0.3 is 5.97 Å². The fourth-order valence-corrected chi connectivity index (χ4v) is 4.13. The van der Waals surface area contributed by atoms with Gasteiger partial charge in [0.15, 0.2) is 0 Å². The number of ether oxygens (including phenoxy) is 1. The van der Waals surface area contributed by atoms with Crippen LogP contribution in [0, 0.1) is 11.3 Å². The van der Waals surface area contributed by atoms with Crippen molar-refractivity contribution < 1.29 is 14.6 Å². The normalized spacial score (nSPS) is 36.7. The number of carboxylic acid groups (broad SMARTS) is 1. The van der Waals surface area contributed by atoms with E-state index in [1.54, 1.807) is 0 Å². The molecule has 0 aromatic rings. The van der Waals surface area contributed by atoms with Crippen LogP contribution >= 0.6 is 11.8 Å². The van der Waals surface area contributed by atoms with Crippen molar-refractivity contribution in [3.63, 3.8) is 0 Å². The molecule has 0 bridgehead atoms. The highest BCUT2D eigenvalue weighted by atomic mass is 32.2. The van der Waals surface area contributed by atoms with Crippen LogP contribution in [0.4, 0.5) is 0 Å². The van der Waals surface area contributed by atoms with Gasteiger partial charge in [-0.25, -0.2) is 0 Å². The van der Waals surface area contributed by atoms with Gasteiger partial charge in [-0.3, -0.25) is 4.79 Å². The van der Waals surface area contributed by atoms with Crippen LogP contribution in [0.15, 0.2) is 0 Å². The highest BCUT2D eigenvalue weighted by Gasteiger charge is 2.43. The highest BCUT2D eigenvalue weighted by Crippen LogP contribution is 2.46. The average Bonchev–Trinajstić information content (AvgIpc) is 2.23. The summed E-state index contributed by atoms with van der Waals surface area (Å²) >= 11 is 1.96. The lowest BCUT2D eigenvalue weighted by molar-refractivity contribution is -0.141. The second kappa shape index (κ2) is 4.74. The number of hydrogen-bond acceptors (Lipinski definition) is 3. The molecule has 15 heavy (non-hydrogen) atoms. The summed E-state index contributed by atoms with van der Waals surface area (Å²) in [7, 11) is 0. The Bertz CT molecular complexity index is 228. The van der Waals surface area contributed by atoms with Crippen LogP contribution in [0.25, 0.3) is 0 Å². The summed E-state index contributed by atoms with van der Waals surface area (Å²) in [6, 6.07) is 0. The van der Waals surface area contributed by atoms with E-state index in [0.717, 1.165) is 31.8 Å². The van der Waals surface area contributed by atoms with E-state index in [1.807, 2.05) is 11.8 Å². The zero-order valence-electron chi connectivity index (χ0n) is 8.91. The zero-order valence-corrected chi connectivity index (χ0v) is 9.72. The molecular weight excluding hydrogens is 212 g/mol. The predicted octanol–water partition coefficient (Wildman–Crippen LogP) is 2.01. The minimum Gasteiger partial charge on any atom is -0.481 e. The van der Waals surface area contributed by atoms with E-state index in [9.17, 15) is 4.79 Å². The Morgan fingerprint density at radius 1 is 1.60 bits per heavy atom. The van der Waals surface area contributed by atoms with Gasteiger partial charge in [-0.05, 0) is 30.9 Å². The van der Waals surface area contributed by atoms with Crippen molar-refractivity contribution in [2.75, 3.05) is 24.7 Å². The molecular formula is C11H18O3S. The summed E-state index contributed by atoms with van der Waals surface area (Å²) in [5, 5.41) is 8.93. The molecule has 0 aliphatic carbocycles. The number of aliphatic carboxylic acids is 1. The van der Waals surface area contributed by atoms with Gasteiger partial charge in [0.2, 0.25) is 0 Å². The molecule has 1 spiro atoms. The number of hydrogen-bond donors (Lipinski definition) is 1. The van der Waals surface area contributed by atoms with Crippen LogP contribution in [0.2, 0.25) is 0 Å². The monoisotopic (exact) mass is 230 g/mol. The third kappa shape index (κ3) is 2.48. The predicted molar refractivity (Wildman–Crippen MR) is 60.2 cm³/mol. The van der Waals surface area contributed by atoms with Crippen LogP contribution < -0.4 is 0 Å². The van der Waals surface area contributed by atoms with Gasteiger partial charge in [-0.2, -0.15) is 11.8 Å². The van der Waals surface area contributed by atoms with Crippen molar-refractivity contribution in [1.82, 2.24) is 0 Å². The van der Waals surface area contributed by atoms with E-state index in [0.29, 0.717) is 12.3 Å². The maximum Gasteiger partial charge on any atom is 0.303 e. The lowest BCUT2D eigenvalue weighted by Crippen LogP contribution is -2.44. The van der Waals surface area contributed by atoms with Crippen molar-refractivity contribution in [1.29, 1.82) is 0 Å². The number of carbonyl (C=O) groups is 1. The van der Waals surface area contributed by atoms with E-state index in [4.69, 9.17) is 9.84 Å². The smallest absolute Gasteiger partial charge is 0.303 e. The lowest BCUT2D eigenvalue weighted by atomic mass is 9.70. The maximum absolute atomic E-state index is 10.8. The number of thioether (sulfide) groups is 1. The molecule has 2 aliphatic rings. The molecule has 2 rings (SSSR count). The molecule has 4 heteroatoms. The average molecular weight is 230 g/mol. The van der Waals surface area contributed by atoms with E-state index in [2.05, 4.69) is 0 Å². The zero-order chi connectivity index (χ0) is 10.7. The third-order valence-electron chi connectivity index (χ3n) is 3.64. The first-order valence-electron chi connectivity index (χ1n) is 5.60. The summed E-state index contributed by atoms with van der Waals surface area (Å²) in [6.07, 6.45) is 3.61. The van der Waals surface area contributed by atoms with E-state index < -0.39 is 5.97 Å². The van der Waals surface area contributed by atoms with Gasteiger partial charge in [0, 0.05) is 24.2 Å². The topological polar surface area (TPSA) is 46.5 Å². The second-order valence-electron chi connectivity index (χ2n) is 4.65. The Hall–Kier alpha value is -0.220. The van der Waals surface area contributed by atoms with Gasteiger partial charge in [0.25, 0.3) is 0 Å². The van der Waals surface area contributed by atoms with Crippen LogP contribution in [-0.2, 0) is 9.53 Å². The molecule has 0 aromatic carbocycles. The van der Waals surface area contributed by atoms with E-state index in [1.165, 1.54) is 12.2 Å². The minimum atomic E-state index is -0.656. The number of carboxylic acids is 1. The number of rotatable bonds is 2. The SMILES string of the molecule is O=C(O)CC1CCOCC12CCCSC2. The summed E-state index contributed by atoms with van der Waals surface area (Å²) in [5.74, 6) is 1.99. The molecule has 0 radical (unpaired) electrons. The molecule has 2 fully saturated rings. The van der Waals surface area contributed by atoms with Gasteiger partial charge in [-0.15, -0.1) is 0 Å². The molecule has 2 aliphatic heterocycles. The summed E-state index contributed by atoms with van der Waals surface area (Å²) in [5.41, 5.74) is 0.166. The van der Waals surface area contributed by atoms with Crippen molar-refractivity contribution in [2.24, 2.45) is 11.3 Å². The summed E-state index contributed by atoms with van der Waals surface area (Å²) in [6.45, 7) is 1.52. The standard InChI is InChI=1S/C11H18O3S/c12-10(13)6-9-2-4-14-7-11(9)3-1-5-15-8-11/h9H,1-8H2,(H,12,13). The molecule has 2 atom stereocenters. The first-order valence-corrected chi connectivity index (χ1v) is 6.76. The van der Waals surface area contributed by atoms with E-state index in [-0.39, 0.29) is 5.41 Å². The van der Waals surface area contributed by atoms with Crippen molar-refractivity contribution in [2.45, 2.75) is 25.7 Å². The van der Waals surface area contributed by atoms with E-state index >= 15 is 0 Å². The molecule has 0 saturated carbocycles. The molecule has 2 heterocycles. The van der Waals surface area contributed by atoms with Gasteiger partial charge in [0.1, 0.15) is 0 Å². The van der Waals surface area contributed by atoms with Crippen LogP contribution in [0.1, 0.15) is 25.7 Å². The lowest BCUT2D eigenvalue weighted by Gasteiger charge is -2.45.